The van der Waals surface area contributed by atoms with Gasteiger partial charge in [-0.15, -0.1) is 0 Å². The normalized spacial score (nSPS) is 25.9. The Bertz CT molecular complexity index is 140. The van der Waals surface area contributed by atoms with Crippen LogP contribution in [0.4, 0.5) is 13.6 Å². The van der Waals surface area contributed by atoms with Gasteiger partial charge in [0.15, 0.2) is 0 Å². The van der Waals surface area contributed by atoms with Crippen LogP contribution in [0.1, 0.15) is 6.42 Å². The minimum absolute atomic E-state index is 0.295. The molecule has 1 saturated heterocycles. The van der Waals surface area contributed by atoms with Gasteiger partial charge in [-0.1, -0.05) is 0 Å². The summed E-state index contributed by atoms with van der Waals surface area (Å²) in [5.74, 6) is 0. The van der Waals surface area contributed by atoms with E-state index in [0.717, 1.165) is 0 Å². The lowest BCUT2D eigenvalue weighted by Gasteiger charge is -2.22. The van der Waals surface area contributed by atoms with Crippen molar-refractivity contribution in [3.8, 4) is 0 Å². The largest absolute Gasteiger partial charge is 0.338 e. The standard InChI is InChI=1S/C5H8F2N2O/c6-4(7)3-1-2-8-5(10)9-3/h3-4H,1-2H2,(H2,8,9,10). The molecule has 0 aromatic heterocycles. The molecule has 1 fully saturated rings. The summed E-state index contributed by atoms with van der Waals surface area (Å²) in [5, 5.41) is 4.50. The number of alkyl halides is 2. The van der Waals surface area contributed by atoms with E-state index in [4.69, 9.17) is 0 Å². The van der Waals surface area contributed by atoms with Crippen LogP contribution in [0.15, 0.2) is 0 Å². The Labute approximate surface area is 56.8 Å². The number of nitrogens with one attached hydrogen (secondary N) is 2. The molecule has 0 saturated carbocycles. The maximum absolute atomic E-state index is 11.9. The zero-order valence-electron chi connectivity index (χ0n) is 5.23. The van der Waals surface area contributed by atoms with Gasteiger partial charge < -0.3 is 10.6 Å². The number of halogens is 2. The lowest BCUT2D eigenvalue weighted by atomic mass is 10.2. The average molecular weight is 150 g/mol. The molecule has 0 aromatic rings. The van der Waals surface area contributed by atoms with Gasteiger partial charge in [0, 0.05) is 6.54 Å². The smallest absolute Gasteiger partial charge is 0.315 e. The molecule has 58 valence electrons. The molecule has 1 heterocycles. The predicted molar refractivity (Wildman–Crippen MR) is 30.9 cm³/mol. The molecule has 0 aliphatic carbocycles. The second kappa shape index (κ2) is 2.81. The van der Waals surface area contributed by atoms with E-state index >= 15 is 0 Å². The van der Waals surface area contributed by atoms with Crippen LogP contribution in [-0.2, 0) is 0 Å². The second-order valence-corrected chi connectivity index (χ2v) is 2.13. The van der Waals surface area contributed by atoms with Gasteiger partial charge in [-0.2, -0.15) is 0 Å². The van der Waals surface area contributed by atoms with Crippen LogP contribution in [0, 0.1) is 0 Å². The first-order valence-corrected chi connectivity index (χ1v) is 3.02. The van der Waals surface area contributed by atoms with Crippen molar-refractivity contribution in [3.63, 3.8) is 0 Å². The van der Waals surface area contributed by atoms with Gasteiger partial charge >= 0.3 is 6.03 Å². The van der Waals surface area contributed by atoms with Crippen molar-refractivity contribution in [3.05, 3.63) is 0 Å². The van der Waals surface area contributed by atoms with Crippen LogP contribution in [-0.4, -0.2) is 25.0 Å². The number of carbonyl (C=O) groups excluding carboxylic acids is 1. The van der Waals surface area contributed by atoms with Gasteiger partial charge in [0.05, 0.1) is 6.04 Å². The Balaban J connectivity index is 2.39. The molecular formula is C5H8F2N2O. The van der Waals surface area contributed by atoms with Gasteiger partial charge in [0.1, 0.15) is 0 Å². The highest BCUT2D eigenvalue weighted by Gasteiger charge is 2.25. The fraction of sp³-hybridized carbons (Fsp3) is 0.800. The highest BCUT2D eigenvalue weighted by molar-refractivity contribution is 5.74. The highest BCUT2D eigenvalue weighted by Crippen LogP contribution is 2.06. The third-order valence-electron chi connectivity index (χ3n) is 1.36. The lowest BCUT2D eigenvalue weighted by molar-refractivity contribution is 0.0917. The van der Waals surface area contributed by atoms with Crippen LogP contribution in [0.5, 0.6) is 0 Å². The maximum atomic E-state index is 11.9. The van der Waals surface area contributed by atoms with E-state index in [1.54, 1.807) is 0 Å². The van der Waals surface area contributed by atoms with E-state index in [-0.39, 0.29) is 0 Å². The molecule has 0 radical (unpaired) electrons. The molecular weight excluding hydrogens is 142 g/mol. The molecule has 1 unspecified atom stereocenters. The molecule has 2 amide bonds. The molecule has 0 spiro atoms. The van der Waals surface area contributed by atoms with Gasteiger partial charge in [-0.25, -0.2) is 13.6 Å². The van der Waals surface area contributed by atoms with Crippen molar-refractivity contribution >= 4 is 6.03 Å². The molecule has 5 heteroatoms. The first-order valence-electron chi connectivity index (χ1n) is 3.02. The monoisotopic (exact) mass is 150 g/mol. The Hall–Kier alpha value is -0.870. The Morgan fingerprint density at radius 3 is 2.70 bits per heavy atom. The fourth-order valence-corrected chi connectivity index (χ4v) is 0.822. The van der Waals surface area contributed by atoms with Crippen molar-refractivity contribution in [2.45, 2.75) is 18.9 Å². The molecule has 0 bridgehead atoms. The molecule has 3 nitrogen and oxygen atoms in total. The summed E-state index contributed by atoms with van der Waals surface area (Å²) in [4.78, 5) is 10.4. The number of hydrogen-bond donors (Lipinski definition) is 2. The number of urea groups is 1. The van der Waals surface area contributed by atoms with Crippen molar-refractivity contribution in [2.24, 2.45) is 0 Å². The van der Waals surface area contributed by atoms with Crippen LogP contribution < -0.4 is 10.6 Å². The highest BCUT2D eigenvalue weighted by atomic mass is 19.3. The van der Waals surface area contributed by atoms with Crippen LogP contribution >= 0.6 is 0 Å². The minimum atomic E-state index is -2.45. The van der Waals surface area contributed by atoms with E-state index in [0.29, 0.717) is 13.0 Å². The lowest BCUT2D eigenvalue weighted by Crippen LogP contribution is -2.52. The summed E-state index contributed by atoms with van der Waals surface area (Å²) in [5.41, 5.74) is 0. The molecule has 1 atom stereocenters. The van der Waals surface area contributed by atoms with Gasteiger partial charge in [-0.3, -0.25) is 0 Å². The molecule has 2 N–H and O–H groups in total. The summed E-state index contributed by atoms with van der Waals surface area (Å²) < 4.78 is 23.7. The maximum Gasteiger partial charge on any atom is 0.315 e. The first kappa shape index (κ1) is 7.24. The fourth-order valence-electron chi connectivity index (χ4n) is 0.822. The van der Waals surface area contributed by atoms with Crippen LogP contribution in [0.3, 0.4) is 0 Å². The zero-order chi connectivity index (χ0) is 7.56. The van der Waals surface area contributed by atoms with E-state index < -0.39 is 18.5 Å². The third-order valence-corrected chi connectivity index (χ3v) is 1.36. The predicted octanol–water partition coefficient (Wildman–Crippen LogP) is 0.323. The van der Waals surface area contributed by atoms with E-state index in [2.05, 4.69) is 10.6 Å². The van der Waals surface area contributed by atoms with Crippen molar-refractivity contribution < 1.29 is 13.6 Å². The first-order chi connectivity index (χ1) is 4.70. The Morgan fingerprint density at radius 2 is 2.30 bits per heavy atom. The summed E-state index contributed by atoms with van der Waals surface area (Å²) in [6, 6.07) is -1.47. The third kappa shape index (κ3) is 1.55. The SMILES string of the molecule is O=C1NCCC(C(F)F)N1. The van der Waals surface area contributed by atoms with Gasteiger partial charge in [0.25, 0.3) is 6.43 Å². The molecule has 0 aromatic carbocycles. The topological polar surface area (TPSA) is 41.1 Å². The van der Waals surface area contributed by atoms with Crippen LogP contribution in [0.25, 0.3) is 0 Å². The van der Waals surface area contributed by atoms with Gasteiger partial charge in [0.2, 0.25) is 0 Å². The Kier molecular flexibility index (Phi) is 2.03. The summed E-state index contributed by atoms with van der Waals surface area (Å²) in [7, 11) is 0. The Morgan fingerprint density at radius 1 is 1.60 bits per heavy atom. The van der Waals surface area contributed by atoms with E-state index in [9.17, 15) is 13.6 Å². The molecule has 10 heavy (non-hydrogen) atoms. The van der Waals surface area contributed by atoms with Crippen molar-refractivity contribution in [2.75, 3.05) is 6.54 Å². The number of hydrogen-bond acceptors (Lipinski definition) is 1. The van der Waals surface area contributed by atoms with Crippen molar-refractivity contribution in [1.29, 1.82) is 0 Å². The summed E-state index contributed by atoms with van der Waals surface area (Å²) >= 11 is 0. The average Bonchev–Trinajstić information content (AvgIpc) is 1.88. The van der Waals surface area contributed by atoms with Crippen LogP contribution in [0.2, 0.25) is 0 Å². The van der Waals surface area contributed by atoms with E-state index in [1.807, 2.05) is 0 Å². The summed E-state index contributed by atoms with van der Waals surface area (Å²) in [6.45, 7) is 0.334. The van der Waals surface area contributed by atoms with Gasteiger partial charge in [-0.05, 0) is 6.42 Å². The minimum Gasteiger partial charge on any atom is -0.338 e. The second-order valence-electron chi connectivity index (χ2n) is 2.13. The molecule has 1 aliphatic rings. The van der Waals surface area contributed by atoms with Crippen molar-refractivity contribution in [1.82, 2.24) is 10.6 Å². The number of carbonyl (C=O) groups is 1. The number of amides is 2. The molecule has 1 rings (SSSR count). The molecule has 1 aliphatic heterocycles. The van der Waals surface area contributed by atoms with E-state index in [1.165, 1.54) is 0 Å². The number of rotatable bonds is 1. The zero-order valence-corrected chi connectivity index (χ0v) is 5.23. The quantitative estimate of drug-likeness (QED) is 0.555. The summed E-state index contributed by atoms with van der Waals surface area (Å²) in [6.07, 6.45) is -2.16.